The van der Waals surface area contributed by atoms with Crippen LogP contribution in [0.5, 0.6) is 51.7 Å². The van der Waals surface area contributed by atoms with Gasteiger partial charge in [0, 0.05) is 67.6 Å². The van der Waals surface area contributed by atoms with Crippen LogP contribution in [0.15, 0.2) is 103 Å². The highest BCUT2D eigenvalue weighted by Crippen LogP contribution is 2.58. The molecular formula is C82H92Cl2N8O22. The molecule has 114 heavy (non-hydrogen) atoms. The van der Waals surface area contributed by atoms with Gasteiger partial charge in [0.05, 0.1) is 21.9 Å². The maximum Gasteiger partial charge on any atom is 0.325 e. The average Bonchev–Trinajstić information content (AvgIpc) is 0.759. The van der Waals surface area contributed by atoms with Crippen molar-refractivity contribution >= 4 is 81.8 Å². The summed E-state index contributed by atoms with van der Waals surface area (Å²) < 4.78 is 31.3. The van der Waals surface area contributed by atoms with Crippen molar-refractivity contribution in [3.8, 4) is 62.9 Å². The third-order valence-electron chi connectivity index (χ3n) is 23.0. The monoisotopic (exact) mass is 1610 g/mol. The van der Waals surface area contributed by atoms with Crippen LogP contribution in [0.1, 0.15) is 149 Å². The van der Waals surface area contributed by atoms with Gasteiger partial charge >= 0.3 is 6.03 Å². The van der Waals surface area contributed by atoms with E-state index in [4.69, 9.17) is 58.4 Å². The van der Waals surface area contributed by atoms with E-state index in [0.29, 0.717) is 24.0 Å². The first-order chi connectivity index (χ1) is 54.4. The van der Waals surface area contributed by atoms with E-state index < -0.39 is 198 Å². The molecule has 0 spiro atoms. The van der Waals surface area contributed by atoms with Gasteiger partial charge in [0.1, 0.15) is 102 Å². The first-order valence-electron chi connectivity index (χ1n) is 38.2. The number of Topliss-reactive ketones (excluding diaryl/α,β-unsaturated/α-hetero) is 3. The number of halogens is 2. The van der Waals surface area contributed by atoms with Crippen LogP contribution in [0.4, 0.5) is 10.5 Å². The Balaban J connectivity index is 0.991. The number of carbonyl (C=O) groups is 9. The zero-order valence-corrected chi connectivity index (χ0v) is 64.0. The van der Waals surface area contributed by atoms with Crippen LogP contribution in [0.25, 0.3) is 11.1 Å². The molecule has 4 aliphatic carbocycles. The number of carbonyl (C=O) groups excluding carboxylic acids is 9. The largest absolute Gasteiger partial charge is 0.508 e. The number of urea groups is 1. The molecule has 6 heterocycles. The summed E-state index contributed by atoms with van der Waals surface area (Å²) in [5.41, 5.74) is 10.2. The third-order valence-corrected chi connectivity index (χ3v) is 23.5. The number of nitrogens with one attached hydrogen (secondary N) is 6. The molecule has 32 heteroatoms. The molecule has 30 nitrogen and oxygen atoms in total. The number of phenolic OH excluding ortho intramolecular Hbond substituents is 3. The summed E-state index contributed by atoms with van der Waals surface area (Å²) in [4.78, 5) is 138. The van der Waals surface area contributed by atoms with Crippen molar-refractivity contribution in [2.75, 3.05) is 25.0 Å². The maximum absolute atomic E-state index is 16.5. The molecule has 5 fully saturated rings. The predicted octanol–water partition coefficient (Wildman–Crippen LogP) is 7.40. The SMILES string of the molecule is CC[C@H](CC(C)C)C(=O)N[C@H]1C(=O)C[C@@H](CC(=O)NC(=O)Nc2ccc(OCCN)cc2)C(=O)NC2C(=O)C[C@H]3C(=O)N[C@H](C(=O)N[C@H](C(=O)CC4C5CC6CC(C5)CC4C6)c4cc(O)cc(O)c4-c4cc3ccc4O)[C@H](O)c3ccc(c(Cl)c3)Oc3cc2cc(c3O[C@@H]2O[C@H](CN)[C@@H](O)[C@H](O)[C@H]2O)Oc2ccc(cc2Cl)[C@H]1O. The molecule has 0 aromatic heterocycles. The van der Waals surface area contributed by atoms with Gasteiger partial charge in [0.15, 0.2) is 28.8 Å². The first kappa shape index (κ1) is 82.0. The number of phenols is 3. The number of aliphatic hydroxyl groups is 5. The molecule has 606 valence electrons. The molecule has 6 aromatic rings. The number of anilines is 1. The number of rotatable bonds is 17. The molecule has 0 radical (unpaired) electrons. The van der Waals surface area contributed by atoms with Crippen molar-refractivity contribution in [1.29, 1.82) is 0 Å². The highest BCUT2D eigenvalue weighted by Gasteiger charge is 2.51. The summed E-state index contributed by atoms with van der Waals surface area (Å²) in [7, 11) is 0. The van der Waals surface area contributed by atoms with Gasteiger partial charge in [-0.3, -0.25) is 43.7 Å². The number of fused-ring (bicyclic) bond motifs is 15. The molecule has 1 saturated heterocycles. The Kier molecular flexibility index (Phi) is 24.9. The number of imide groups is 1. The second kappa shape index (κ2) is 34.6. The zero-order chi connectivity index (χ0) is 81.4. The Bertz CT molecular complexity index is 4690. The van der Waals surface area contributed by atoms with E-state index in [2.05, 4.69) is 31.9 Å². The Labute approximate surface area is 664 Å². The minimum atomic E-state index is -2.21. The maximum atomic E-state index is 16.5. The molecule has 10 aliphatic rings. The summed E-state index contributed by atoms with van der Waals surface area (Å²) in [5, 5.41) is 110. The lowest BCUT2D eigenvalue weighted by molar-refractivity contribution is -0.270. The van der Waals surface area contributed by atoms with E-state index in [1.807, 2.05) is 13.8 Å². The summed E-state index contributed by atoms with van der Waals surface area (Å²) >= 11 is 14.3. The second-order valence-electron chi connectivity index (χ2n) is 31.2. The van der Waals surface area contributed by atoms with E-state index in [1.165, 1.54) is 72.8 Å². The number of aromatic hydroxyl groups is 3. The normalized spacial score (nSPS) is 28.2. The Morgan fingerprint density at radius 2 is 1.29 bits per heavy atom. The molecular weight excluding hydrogens is 1520 g/mol. The van der Waals surface area contributed by atoms with Gasteiger partial charge in [-0.05, 0) is 187 Å². The Morgan fingerprint density at radius 3 is 1.90 bits per heavy atom. The molecule has 14 atom stereocenters. The highest BCUT2D eigenvalue weighted by atomic mass is 35.5. The fraction of sp³-hybridized carbons (Fsp3) is 0.451. The number of hydrogen-bond donors (Lipinski definition) is 16. The fourth-order valence-corrected chi connectivity index (χ4v) is 17.9. The quantitative estimate of drug-likeness (QED) is 0.0423. The van der Waals surface area contributed by atoms with E-state index in [0.717, 1.165) is 62.4 Å². The van der Waals surface area contributed by atoms with Gasteiger partial charge in [-0.2, -0.15) is 0 Å². The molecule has 16 rings (SSSR count). The second-order valence-corrected chi connectivity index (χ2v) is 32.0. The van der Waals surface area contributed by atoms with Gasteiger partial charge in [-0.15, -0.1) is 0 Å². The average molecular weight is 1610 g/mol. The van der Waals surface area contributed by atoms with Crippen LogP contribution < -0.4 is 62.3 Å². The van der Waals surface area contributed by atoms with Crippen molar-refractivity contribution in [3.63, 3.8) is 0 Å². The van der Waals surface area contributed by atoms with Crippen molar-refractivity contribution < 1.29 is 108 Å². The first-order valence-corrected chi connectivity index (χ1v) is 39.0. The summed E-state index contributed by atoms with van der Waals surface area (Å²) in [5.74, 6) is -15.5. The zero-order valence-electron chi connectivity index (χ0n) is 62.5. The molecule has 15 bridgehead atoms. The molecule has 18 N–H and O–H groups in total. The topological polar surface area (TPSA) is 486 Å². The highest BCUT2D eigenvalue weighted by molar-refractivity contribution is 6.32. The van der Waals surface area contributed by atoms with Gasteiger partial charge in [0.25, 0.3) is 0 Å². The molecule has 6 aromatic carbocycles. The number of nitrogens with two attached hydrogens (primary N) is 2. The summed E-state index contributed by atoms with van der Waals surface area (Å²) in [6, 6.07) is 12.0. The lowest BCUT2D eigenvalue weighted by atomic mass is 9.51. The van der Waals surface area contributed by atoms with Gasteiger partial charge in [-0.25, -0.2) is 4.79 Å². The number of ketones is 3. The number of benzene rings is 6. The molecule has 4 saturated carbocycles. The lowest BCUT2D eigenvalue weighted by Gasteiger charge is -2.54. The van der Waals surface area contributed by atoms with Gasteiger partial charge in [-0.1, -0.05) is 62.2 Å². The predicted molar refractivity (Wildman–Crippen MR) is 410 cm³/mol. The molecule has 6 aliphatic heterocycles. The van der Waals surface area contributed by atoms with E-state index in [-0.39, 0.29) is 116 Å². The summed E-state index contributed by atoms with van der Waals surface area (Å²) in [6.07, 6.45) is -11.3. The fourth-order valence-electron chi connectivity index (χ4n) is 17.4. The van der Waals surface area contributed by atoms with E-state index >= 15 is 28.8 Å². The number of hydrogen-bond acceptors (Lipinski definition) is 24. The van der Waals surface area contributed by atoms with Crippen LogP contribution in [-0.2, 0) is 43.1 Å². The van der Waals surface area contributed by atoms with Gasteiger partial charge < -0.3 is 103 Å². The Morgan fingerprint density at radius 1 is 0.649 bits per heavy atom. The van der Waals surface area contributed by atoms with Crippen LogP contribution in [0.3, 0.4) is 0 Å². The van der Waals surface area contributed by atoms with Gasteiger partial charge in [0.2, 0.25) is 41.6 Å². The smallest absolute Gasteiger partial charge is 0.325 e. The van der Waals surface area contributed by atoms with Crippen molar-refractivity contribution in [2.45, 2.75) is 164 Å². The lowest BCUT2D eigenvalue weighted by Crippen LogP contribution is -2.60. The van der Waals surface area contributed by atoms with Crippen molar-refractivity contribution in [1.82, 2.24) is 26.6 Å². The third kappa shape index (κ3) is 17.6. The standard InChI is InChI=1S/C82H92Cl2N8O22/c1-4-38(17-35(2)3)77(105)91-69-57(96)26-45(29-65(99)88-82(109)87-46-8-10-48(11-9-46)110-16-15-85)78(106)89-67-44-27-62(111-60-13-6-40(71(69)100)24-53(60)83)76(114-81-75(104)74(103)73(102)64(34-86)113-81)63(28-44)112-61-14-7-41(25-54(61)84)72(101)70-80(108)90-68(59(98)32-49-42-19-36-18-37(21-42)22-43(49)20-36)52-30-47(93)31-56(95)66(52)51-23-39(5-12-55(51)94)50(33-58(67)97)79(107)92-70/h5-14,23-25,27-28,30-31,35-38,42-43,45,49-50,64,67-75,81,93-95,100-104H,4,15-22,26,29,32-34,85-86H2,1-3H3,(H,89,106)(H,90,108)(H,91,105)(H,92,107)(H2,87,88,99,109)/t36?,37?,38-,42?,43?,45+,49?,50-,64-,67?,68+,69+,70+,71-,72-,73-,74+,75-,81+/m1/s1. The van der Waals surface area contributed by atoms with E-state index in [9.17, 15) is 55.2 Å². The van der Waals surface area contributed by atoms with Crippen LogP contribution in [0.2, 0.25) is 10.0 Å². The summed E-state index contributed by atoms with van der Waals surface area (Å²) in [6.45, 7) is 5.45. The molecule has 7 amide bonds. The number of aliphatic hydroxyl groups excluding tert-OH is 5. The minimum absolute atomic E-state index is 0.0380. The van der Waals surface area contributed by atoms with Crippen molar-refractivity contribution in [2.24, 2.45) is 58.8 Å². The van der Waals surface area contributed by atoms with Crippen LogP contribution in [0, 0.1) is 47.3 Å². The van der Waals surface area contributed by atoms with Crippen molar-refractivity contribution in [3.05, 3.63) is 141 Å². The van der Waals surface area contributed by atoms with Crippen LogP contribution in [-0.4, -0.2) is 156 Å². The van der Waals surface area contributed by atoms with E-state index in [1.54, 1.807) is 6.92 Å². The molecule has 1 unspecified atom stereocenters. The number of ether oxygens (including phenoxy) is 5. The minimum Gasteiger partial charge on any atom is -0.508 e. The Hall–Kier alpha value is -9.99. The van der Waals surface area contributed by atoms with Crippen LogP contribution >= 0.6 is 23.2 Å². The number of amides is 7.